The monoisotopic (exact) mass is 320 g/mol. The van der Waals surface area contributed by atoms with Gasteiger partial charge in [0.1, 0.15) is 5.82 Å². The fourth-order valence-corrected chi connectivity index (χ4v) is 2.43. The van der Waals surface area contributed by atoms with E-state index in [9.17, 15) is 9.18 Å². The largest absolute Gasteiger partial charge is 0.356 e. The molecular weight excluding hydrogens is 299 g/mol. The highest BCUT2D eigenvalue weighted by Crippen LogP contribution is 2.18. The molecule has 2 N–H and O–H groups in total. The van der Waals surface area contributed by atoms with Crippen LogP contribution in [0.25, 0.3) is 0 Å². The number of amides is 1. The molecule has 0 spiro atoms. The molecule has 20 heavy (non-hydrogen) atoms. The van der Waals surface area contributed by atoms with Crippen LogP contribution in [0.1, 0.15) is 13.3 Å². The molecular formula is C14H22ClFN2OS. The van der Waals surface area contributed by atoms with Crippen molar-refractivity contribution in [3.63, 3.8) is 0 Å². The molecule has 0 aliphatic carbocycles. The van der Waals surface area contributed by atoms with Gasteiger partial charge in [-0.15, -0.1) is 24.2 Å². The predicted molar refractivity (Wildman–Crippen MR) is 85.1 cm³/mol. The Hall–Kier alpha value is -0.780. The molecule has 1 rings (SSSR count). The van der Waals surface area contributed by atoms with Gasteiger partial charge in [0.05, 0.1) is 0 Å². The van der Waals surface area contributed by atoms with Crippen LogP contribution in [0.15, 0.2) is 29.2 Å². The van der Waals surface area contributed by atoms with Gasteiger partial charge in [-0.3, -0.25) is 4.79 Å². The van der Waals surface area contributed by atoms with Crippen LogP contribution in [0.4, 0.5) is 4.39 Å². The molecule has 0 fully saturated rings. The predicted octanol–water partition coefficient (Wildman–Crippen LogP) is 2.70. The van der Waals surface area contributed by atoms with E-state index in [1.54, 1.807) is 23.9 Å². The van der Waals surface area contributed by atoms with Crippen LogP contribution >= 0.6 is 24.2 Å². The number of hydrogen-bond acceptors (Lipinski definition) is 3. The number of hydrogen-bond donors (Lipinski definition) is 2. The third-order valence-electron chi connectivity index (χ3n) is 2.66. The quantitative estimate of drug-likeness (QED) is 0.571. The Balaban J connectivity index is 0.00000361. The van der Waals surface area contributed by atoms with Gasteiger partial charge in [0.15, 0.2) is 0 Å². The van der Waals surface area contributed by atoms with E-state index in [1.165, 1.54) is 12.1 Å². The Morgan fingerprint density at radius 3 is 2.60 bits per heavy atom. The summed E-state index contributed by atoms with van der Waals surface area (Å²) in [6.45, 7) is 3.27. The highest BCUT2D eigenvalue weighted by atomic mass is 35.5. The van der Waals surface area contributed by atoms with E-state index in [2.05, 4.69) is 10.6 Å². The second-order valence-electron chi connectivity index (χ2n) is 4.41. The molecule has 0 saturated heterocycles. The van der Waals surface area contributed by atoms with E-state index < -0.39 is 0 Å². The first-order chi connectivity index (χ1) is 9.13. The topological polar surface area (TPSA) is 41.1 Å². The summed E-state index contributed by atoms with van der Waals surface area (Å²) in [6, 6.07) is 6.47. The second-order valence-corrected chi connectivity index (χ2v) is 5.57. The molecule has 0 heterocycles. The lowest BCUT2D eigenvalue weighted by Gasteiger charge is -2.11. The Bertz CT molecular complexity index is 389. The summed E-state index contributed by atoms with van der Waals surface area (Å²) in [5.74, 6) is 0.776. The van der Waals surface area contributed by atoms with Gasteiger partial charge in [-0.25, -0.2) is 4.39 Å². The molecule has 3 nitrogen and oxygen atoms in total. The maximum Gasteiger partial charge on any atom is 0.224 e. The zero-order valence-corrected chi connectivity index (χ0v) is 13.5. The van der Waals surface area contributed by atoms with Crippen molar-refractivity contribution >= 4 is 30.1 Å². The lowest BCUT2D eigenvalue weighted by Crippen LogP contribution is -2.34. The number of halogens is 2. The van der Waals surface area contributed by atoms with Crippen molar-refractivity contribution in [2.75, 3.05) is 25.9 Å². The molecule has 1 aromatic rings. The fraction of sp³-hybridized carbons (Fsp3) is 0.500. The highest BCUT2D eigenvalue weighted by Gasteiger charge is 2.10. The number of carbonyl (C=O) groups excluding carboxylic acids is 1. The van der Waals surface area contributed by atoms with E-state index in [0.717, 1.165) is 17.1 Å². The van der Waals surface area contributed by atoms with E-state index in [4.69, 9.17) is 0 Å². The van der Waals surface area contributed by atoms with Crippen molar-refractivity contribution in [3.05, 3.63) is 30.1 Å². The van der Waals surface area contributed by atoms with Gasteiger partial charge in [-0.2, -0.15) is 0 Å². The maximum absolute atomic E-state index is 12.7. The second kappa shape index (κ2) is 10.9. The lowest BCUT2D eigenvalue weighted by atomic mass is 10.1. The van der Waals surface area contributed by atoms with Crippen LogP contribution in [0.3, 0.4) is 0 Å². The molecule has 1 unspecified atom stereocenters. The zero-order valence-electron chi connectivity index (χ0n) is 11.8. The van der Waals surface area contributed by atoms with Gasteiger partial charge in [-0.1, -0.05) is 6.92 Å². The number of thioether (sulfide) groups is 1. The Morgan fingerprint density at radius 1 is 1.35 bits per heavy atom. The normalized spacial score (nSPS) is 11.6. The fourth-order valence-electron chi connectivity index (χ4n) is 1.58. The summed E-state index contributed by atoms with van der Waals surface area (Å²) < 4.78 is 12.7. The molecule has 0 bridgehead atoms. The van der Waals surface area contributed by atoms with Crippen LogP contribution in [-0.4, -0.2) is 31.8 Å². The van der Waals surface area contributed by atoms with Crippen LogP contribution in [-0.2, 0) is 4.79 Å². The maximum atomic E-state index is 12.7. The van der Waals surface area contributed by atoms with Gasteiger partial charge >= 0.3 is 0 Å². The summed E-state index contributed by atoms with van der Waals surface area (Å²) in [7, 11) is 1.84. The van der Waals surface area contributed by atoms with E-state index in [1.807, 2.05) is 14.0 Å². The molecule has 1 atom stereocenters. The van der Waals surface area contributed by atoms with E-state index in [-0.39, 0.29) is 30.0 Å². The third-order valence-corrected chi connectivity index (χ3v) is 3.76. The molecule has 1 amide bonds. The Kier molecular flexibility index (Phi) is 10.5. The first-order valence-corrected chi connectivity index (χ1v) is 7.42. The number of nitrogens with one attached hydrogen (secondary N) is 2. The minimum absolute atomic E-state index is 0. The standard InChI is InChI=1S/C14H21FN2OS.ClH/c1-11(10-16-2)14(18)17-8-3-9-19-13-6-4-12(15)5-7-13;/h4-7,11,16H,3,8-10H2,1-2H3,(H,17,18);1H. The molecule has 0 aliphatic heterocycles. The van der Waals surface area contributed by atoms with Crippen LogP contribution in [0, 0.1) is 11.7 Å². The van der Waals surface area contributed by atoms with Gasteiger partial charge in [0.2, 0.25) is 5.91 Å². The van der Waals surface area contributed by atoms with Crippen molar-refractivity contribution in [1.29, 1.82) is 0 Å². The lowest BCUT2D eigenvalue weighted by molar-refractivity contribution is -0.124. The van der Waals surface area contributed by atoms with Crippen LogP contribution in [0.2, 0.25) is 0 Å². The first kappa shape index (κ1) is 19.2. The molecule has 114 valence electrons. The SMILES string of the molecule is CNCC(C)C(=O)NCCCSc1ccc(F)cc1.Cl. The van der Waals surface area contributed by atoms with E-state index in [0.29, 0.717) is 13.1 Å². The van der Waals surface area contributed by atoms with Crippen molar-refractivity contribution in [3.8, 4) is 0 Å². The Morgan fingerprint density at radius 2 is 2.00 bits per heavy atom. The average Bonchev–Trinajstić information content (AvgIpc) is 2.40. The minimum Gasteiger partial charge on any atom is -0.356 e. The molecule has 6 heteroatoms. The van der Waals surface area contributed by atoms with Crippen molar-refractivity contribution < 1.29 is 9.18 Å². The highest BCUT2D eigenvalue weighted by molar-refractivity contribution is 7.99. The van der Waals surface area contributed by atoms with Gasteiger partial charge in [-0.05, 0) is 43.5 Å². The smallest absolute Gasteiger partial charge is 0.224 e. The summed E-state index contributed by atoms with van der Waals surface area (Å²) in [5, 5.41) is 5.89. The first-order valence-electron chi connectivity index (χ1n) is 6.44. The molecule has 0 aliphatic rings. The van der Waals surface area contributed by atoms with Crippen molar-refractivity contribution in [1.82, 2.24) is 10.6 Å². The van der Waals surface area contributed by atoms with Crippen molar-refractivity contribution in [2.45, 2.75) is 18.2 Å². The average molecular weight is 321 g/mol. The summed E-state index contributed by atoms with van der Waals surface area (Å²) in [5.41, 5.74) is 0. The Labute approximate surface area is 130 Å². The van der Waals surface area contributed by atoms with Gasteiger partial charge < -0.3 is 10.6 Å². The van der Waals surface area contributed by atoms with Gasteiger partial charge in [0, 0.05) is 23.9 Å². The minimum atomic E-state index is -0.213. The summed E-state index contributed by atoms with van der Waals surface area (Å²) >= 11 is 1.67. The summed E-state index contributed by atoms with van der Waals surface area (Å²) in [4.78, 5) is 12.7. The molecule has 0 saturated carbocycles. The number of benzene rings is 1. The van der Waals surface area contributed by atoms with Crippen LogP contribution < -0.4 is 10.6 Å². The summed E-state index contributed by atoms with van der Waals surface area (Å²) in [6.07, 6.45) is 0.903. The zero-order chi connectivity index (χ0) is 14.1. The molecule has 1 aromatic carbocycles. The number of rotatable bonds is 8. The van der Waals surface area contributed by atoms with Crippen molar-refractivity contribution in [2.24, 2.45) is 5.92 Å². The van der Waals surface area contributed by atoms with Gasteiger partial charge in [0.25, 0.3) is 0 Å². The van der Waals surface area contributed by atoms with E-state index >= 15 is 0 Å². The van der Waals surface area contributed by atoms with Crippen LogP contribution in [0.5, 0.6) is 0 Å². The molecule has 0 aromatic heterocycles. The number of carbonyl (C=O) groups is 1. The third kappa shape index (κ3) is 7.72. The molecule has 0 radical (unpaired) electrons.